The Balaban J connectivity index is -0.0000000600. The molecule has 0 amide bonds. The molecule has 0 spiro atoms. The van der Waals surface area contributed by atoms with Crippen molar-refractivity contribution in [2.75, 3.05) is 6.61 Å². The van der Waals surface area contributed by atoms with E-state index < -0.39 is 0 Å². The third-order valence-corrected chi connectivity index (χ3v) is 1.01. The molecular weight excluding hydrogens is 112 g/mol. The first-order chi connectivity index (χ1) is 3.41. The summed E-state index contributed by atoms with van der Waals surface area (Å²) >= 11 is 0. The zero-order valence-corrected chi connectivity index (χ0v) is 7.10. The van der Waals surface area contributed by atoms with Gasteiger partial charge in [0.25, 0.3) is 0 Å². The Hall–Kier alpha value is 0.726. The molecule has 0 aromatic heterocycles. The number of aliphatic hydroxyl groups excluding tert-OH is 1. The Bertz CT molecular complexity index is 34.9. The number of hydrogen-bond donors (Lipinski definition) is 1. The van der Waals surface area contributed by atoms with E-state index in [2.05, 4.69) is 6.92 Å². The summed E-state index contributed by atoms with van der Waals surface area (Å²) in [5.74, 6) is 0. The van der Waals surface area contributed by atoms with Crippen molar-refractivity contribution >= 4 is 23.1 Å². The van der Waals surface area contributed by atoms with Gasteiger partial charge in [-0.05, 0) is 6.42 Å². The quantitative estimate of drug-likeness (QED) is 0.448. The summed E-state index contributed by atoms with van der Waals surface area (Å²) in [4.78, 5) is 0. The van der Waals surface area contributed by atoms with E-state index in [1.807, 2.05) is 0 Å². The second kappa shape index (κ2) is 10.7. The van der Waals surface area contributed by atoms with Gasteiger partial charge in [0.15, 0.2) is 0 Å². The first-order valence-electron chi connectivity index (χ1n) is 3.02. The molecule has 0 saturated carbocycles. The molecule has 0 unspecified atom stereocenters. The molecule has 0 aromatic rings. The fourth-order valence-electron chi connectivity index (χ4n) is 0.539. The van der Waals surface area contributed by atoms with E-state index >= 15 is 0 Å². The minimum atomic E-state index is 0. The van der Waals surface area contributed by atoms with E-state index in [-0.39, 0.29) is 25.9 Å². The van der Waals surface area contributed by atoms with Gasteiger partial charge < -0.3 is 7.96 Å². The summed E-state index contributed by atoms with van der Waals surface area (Å²) in [7, 11) is 0. The molecule has 0 rings (SSSR count). The molecular formula is C6H16MgO. The van der Waals surface area contributed by atoms with Crippen LogP contribution in [-0.4, -0.2) is 34.8 Å². The van der Waals surface area contributed by atoms with Crippen molar-refractivity contribution in [1.82, 2.24) is 0 Å². The summed E-state index contributed by atoms with van der Waals surface area (Å²) in [6.45, 7) is 2.53. The van der Waals surface area contributed by atoms with Crippen LogP contribution < -0.4 is 0 Å². The zero-order valence-electron chi connectivity index (χ0n) is 7.69. The van der Waals surface area contributed by atoms with E-state index in [0.717, 1.165) is 6.42 Å². The minimum Gasteiger partial charge on any atom is -1.00 e. The summed E-state index contributed by atoms with van der Waals surface area (Å²) < 4.78 is 0. The molecule has 48 valence electrons. The van der Waals surface area contributed by atoms with Gasteiger partial charge in [0.1, 0.15) is 0 Å². The molecule has 0 aliphatic heterocycles. The third kappa shape index (κ3) is 9.87. The van der Waals surface area contributed by atoms with Crippen LogP contribution in [0, 0.1) is 0 Å². The van der Waals surface area contributed by atoms with Gasteiger partial charge in [0.05, 0.1) is 0 Å². The van der Waals surface area contributed by atoms with Crippen LogP contribution in [0.4, 0.5) is 0 Å². The molecule has 0 heterocycles. The topological polar surface area (TPSA) is 20.2 Å². The van der Waals surface area contributed by atoms with E-state index in [4.69, 9.17) is 5.11 Å². The average molecular weight is 128 g/mol. The van der Waals surface area contributed by atoms with Gasteiger partial charge >= 0.3 is 23.1 Å². The van der Waals surface area contributed by atoms with Crippen molar-refractivity contribution in [1.29, 1.82) is 0 Å². The van der Waals surface area contributed by atoms with Gasteiger partial charge in [0, 0.05) is 6.61 Å². The molecule has 0 aliphatic carbocycles. The molecule has 1 N–H and O–H groups in total. The van der Waals surface area contributed by atoms with Gasteiger partial charge in [-0.1, -0.05) is 26.2 Å². The standard InChI is InChI=1S/C6H14O.Mg.2H/c1-2-3-4-5-6-7;;;/h7H,2-6H2,1H3;;;/q;+2;2*-1. The molecule has 8 heavy (non-hydrogen) atoms. The second-order valence-electron chi connectivity index (χ2n) is 1.78. The first-order valence-corrected chi connectivity index (χ1v) is 3.02. The summed E-state index contributed by atoms with van der Waals surface area (Å²) in [5.41, 5.74) is 0. The van der Waals surface area contributed by atoms with Gasteiger partial charge in [-0.2, -0.15) is 0 Å². The molecule has 0 aromatic carbocycles. The van der Waals surface area contributed by atoms with Crippen molar-refractivity contribution in [2.24, 2.45) is 0 Å². The van der Waals surface area contributed by atoms with Crippen molar-refractivity contribution in [2.45, 2.75) is 32.6 Å². The molecule has 2 heteroatoms. The fraction of sp³-hybridized carbons (Fsp3) is 1.00. The van der Waals surface area contributed by atoms with E-state index in [1.165, 1.54) is 19.3 Å². The molecule has 0 saturated heterocycles. The Morgan fingerprint density at radius 2 is 1.88 bits per heavy atom. The van der Waals surface area contributed by atoms with Crippen LogP contribution in [0.25, 0.3) is 0 Å². The number of rotatable bonds is 4. The number of hydrogen-bond acceptors (Lipinski definition) is 1. The van der Waals surface area contributed by atoms with Crippen LogP contribution in [-0.2, 0) is 0 Å². The van der Waals surface area contributed by atoms with Crippen molar-refractivity contribution in [3.05, 3.63) is 0 Å². The minimum absolute atomic E-state index is 0. The van der Waals surface area contributed by atoms with Crippen LogP contribution in [0.2, 0.25) is 0 Å². The SMILES string of the molecule is CCCCCCO.[H-].[H-].[Mg+2]. The van der Waals surface area contributed by atoms with Crippen molar-refractivity contribution < 1.29 is 7.96 Å². The number of unbranched alkanes of at least 4 members (excludes halogenated alkanes) is 3. The van der Waals surface area contributed by atoms with Crippen LogP contribution in [0.5, 0.6) is 0 Å². The first kappa shape index (κ1) is 11.5. The van der Waals surface area contributed by atoms with E-state index in [0.29, 0.717) is 6.61 Å². The number of aliphatic hydroxyl groups is 1. The fourth-order valence-corrected chi connectivity index (χ4v) is 0.539. The Kier molecular flexibility index (Phi) is 15.3. The predicted octanol–water partition coefficient (Wildman–Crippen LogP) is 1.40. The Morgan fingerprint density at radius 1 is 1.25 bits per heavy atom. The van der Waals surface area contributed by atoms with Crippen LogP contribution in [0.15, 0.2) is 0 Å². The van der Waals surface area contributed by atoms with Crippen molar-refractivity contribution in [3.63, 3.8) is 0 Å². The van der Waals surface area contributed by atoms with Gasteiger partial charge in [0.2, 0.25) is 0 Å². The van der Waals surface area contributed by atoms with Crippen molar-refractivity contribution in [3.8, 4) is 0 Å². The Morgan fingerprint density at radius 3 is 2.25 bits per heavy atom. The third-order valence-electron chi connectivity index (χ3n) is 1.01. The monoisotopic (exact) mass is 128 g/mol. The van der Waals surface area contributed by atoms with Crippen LogP contribution in [0.1, 0.15) is 35.5 Å². The molecule has 0 atom stereocenters. The molecule has 1 nitrogen and oxygen atoms in total. The van der Waals surface area contributed by atoms with E-state index in [1.54, 1.807) is 0 Å². The predicted molar refractivity (Wildman–Crippen MR) is 39.2 cm³/mol. The normalized spacial score (nSPS) is 8.25. The summed E-state index contributed by atoms with van der Waals surface area (Å²) in [6, 6.07) is 0. The maximum atomic E-state index is 8.29. The molecule has 0 radical (unpaired) electrons. The van der Waals surface area contributed by atoms with Gasteiger partial charge in [-0.15, -0.1) is 0 Å². The summed E-state index contributed by atoms with van der Waals surface area (Å²) in [5, 5.41) is 8.29. The largest absolute Gasteiger partial charge is 2.00 e. The van der Waals surface area contributed by atoms with Crippen LogP contribution in [0.3, 0.4) is 0 Å². The van der Waals surface area contributed by atoms with Gasteiger partial charge in [-0.25, -0.2) is 0 Å². The zero-order chi connectivity index (χ0) is 5.54. The van der Waals surface area contributed by atoms with Gasteiger partial charge in [-0.3, -0.25) is 0 Å². The maximum absolute atomic E-state index is 8.29. The maximum Gasteiger partial charge on any atom is 2.00 e. The average Bonchev–Trinajstić information content (AvgIpc) is 1.69. The van der Waals surface area contributed by atoms with E-state index in [9.17, 15) is 0 Å². The van der Waals surface area contributed by atoms with Crippen LogP contribution >= 0.6 is 0 Å². The smallest absolute Gasteiger partial charge is 1.00 e. The summed E-state index contributed by atoms with van der Waals surface area (Å²) in [6.07, 6.45) is 4.68. The molecule has 0 aliphatic rings. The second-order valence-corrected chi connectivity index (χ2v) is 1.78. The Labute approximate surface area is 70.6 Å². The molecule has 0 bridgehead atoms. The molecule has 0 fully saturated rings.